The molecule has 0 spiro atoms. The van der Waals surface area contributed by atoms with Gasteiger partial charge in [-0.1, -0.05) is 0 Å². The molecule has 0 radical (unpaired) electrons. The van der Waals surface area contributed by atoms with E-state index in [1.807, 2.05) is 0 Å². The fraction of sp³-hybridized carbons (Fsp3) is 0.0714. The minimum atomic E-state index is -4.08. The van der Waals surface area contributed by atoms with E-state index < -0.39 is 27.6 Å². The standard InChI is InChI=1S/C14H12F2N2O4S/c1-22-12-3-2-11(7-13(12)23(17,20)21)18-14(19)8-4-9(15)6-10(16)5-8/h2-7H,1H3,(H,18,19)(H2,17,20,21). The Morgan fingerprint density at radius 2 is 1.74 bits per heavy atom. The molecule has 0 saturated heterocycles. The molecule has 0 saturated carbocycles. The van der Waals surface area contributed by atoms with Gasteiger partial charge in [-0.05, 0) is 30.3 Å². The lowest BCUT2D eigenvalue weighted by atomic mass is 10.2. The van der Waals surface area contributed by atoms with Crippen LogP contribution in [0.4, 0.5) is 14.5 Å². The van der Waals surface area contributed by atoms with Gasteiger partial charge in [-0.3, -0.25) is 4.79 Å². The summed E-state index contributed by atoms with van der Waals surface area (Å²) in [5, 5.41) is 7.39. The van der Waals surface area contributed by atoms with Gasteiger partial charge in [0.05, 0.1) is 7.11 Å². The lowest BCUT2D eigenvalue weighted by molar-refractivity contribution is 0.102. The van der Waals surface area contributed by atoms with Gasteiger partial charge in [-0.2, -0.15) is 0 Å². The zero-order chi connectivity index (χ0) is 17.2. The van der Waals surface area contributed by atoms with Crippen molar-refractivity contribution in [2.24, 2.45) is 5.14 Å². The Hall–Kier alpha value is -2.52. The van der Waals surface area contributed by atoms with Crippen molar-refractivity contribution in [3.8, 4) is 5.75 Å². The highest BCUT2D eigenvalue weighted by atomic mass is 32.2. The number of nitrogens with two attached hydrogens (primary N) is 1. The SMILES string of the molecule is COc1ccc(NC(=O)c2cc(F)cc(F)c2)cc1S(N)(=O)=O. The molecule has 1 amide bonds. The van der Waals surface area contributed by atoms with Crippen LogP contribution in [0.3, 0.4) is 0 Å². The van der Waals surface area contributed by atoms with E-state index in [0.717, 1.165) is 18.2 Å². The topological polar surface area (TPSA) is 98.5 Å². The second-order valence-electron chi connectivity index (χ2n) is 4.52. The molecule has 9 heteroatoms. The summed E-state index contributed by atoms with van der Waals surface area (Å²) in [5.74, 6) is -2.62. The molecule has 0 bridgehead atoms. The quantitative estimate of drug-likeness (QED) is 0.886. The zero-order valence-corrected chi connectivity index (χ0v) is 12.7. The lowest BCUT2D eigenvalue weighted by Gasteiger charge is -2.10. The van der Waals surface area contributed by atoms with Gasteiger partial charge in [-0.25, -0.2) is 22.3 Å². The van der Waals surface area contributed by atoms with E-state index in [1.165, 1.54) is 19.2 Å². The molecular weight excluding hydrogens is 330 g/mol. The number of carbonyl (C=O) groups excluding carboxylic acids is 1. The Bertz CT molecular complexity index is 849. The average Bonchev–Trinajstić information content (AvgIpc) is 2.45. The Morgan fingerprint density at radius 3 is 2.26 bits per heavy atom. The number of benzene rings is 2. The van der Waals surface area contributed by atoms with Crippen LogP contribution in [0.15, 0.2) is 41.3 Å². The summed E-state index contributed by atoms with van der Waals surface area (Å²) < 4.78 is 54.1. The van der Waals surface area contributed by atoms with E-state index in [2.05, 4.69) is 5.32 Å². The third-order valence-electron chi connectivity index (χ3n) is 2.85. The molecule has 0 aliphatic rings. The van der Waals surface area contributed by atoms with Gasteiger partial charge in [0.2, 0.25) is 10.0 Å². The first-order valence-electron chi connectivity index (χ1n) is 6.19. The minimum Gasteiger partial charge on any atom is -0.495 e. The van der Waals surface area contributed by atoms with Crippen molar-refractivity contribution in [3.63, 3.8) is 0 Å². The first kappa shape index (κ1) is 16.8. The van der Waals surface area contributed by atoms with Gasteiger partial charge in [-0.15, -0.1) is 0 Å². The van der Waals surface area contributed by atoms with Gasteiger partial charge in [0, 0.05) is 17.3 Å². The van der Waals surface area contributed by atoms with E-state index in [1.54, 1.807) is 0 Å². The Labute approximate surface area is 130 Å². The second-order valence-corrected chi connectivity index (χ2v) is 6.05. The fourth-order valence-corrected chi connectivity index (χ4v) is 2.59. The molecule has 2 rings (SSSR count). The third-order valence-corrected chi connectivity index (χ3v) is 3.78. The molecule has 2 aromatic rings. The summed E-state index contributed by atoms with van der Waals surface area (Å²) in [4.78, 5) is 11.6. The molecule has 6 nitrogen and oxygen atoms in total. The smallest absolute Gasteiger partial charge is 0.255 e. The average molecular weight is 342 g/mol. The van der Waals surface area contributed by atoms with Crippen molar-refractivity contribution in [1.82, 2.24) is 0 Å². The molecule has 0 aromatic heterocycles. The van der Waals surface area contributed by atoms with Crippen molar-refractivity contribution in [2.45, 2.75) is 4.90 Å². The van der Waals surface area contributed by atoms with E-state index in [4.69, 9.17) is 9.88 Å². The largest absolute Gasteiger partial charge is 0.495 e. The summed E-state index contributed by atoms with van der Waals surface area (Å²) >= 11 is 0. The minimum absolute atomic E-state index is 0.00213. The number of amides is 1. The predicted molar refractivity (Wildman–Crippen MR) is 78.7 cm³/mol. The Kier molecular flexibility index (Phi) is 4.62. The number of anilines is 1. The van der Waals surface area contributed by atoms with Crippen LogP contribution in [0.2, 0.25) is 0 Å². The first-order chi connectivity index (χ1) is 10.7. The van der Waals surface area contributed by atoms with Crippen LogP contribution in [-0.2, 0) is 10.0 Å². The number of sulfonamides is 1. The van der Waals surface area contributed by atoms with E-state index in [0.29, 0.717) is 6.07 Å². The molecular formula is C14H12F2N2O4S. The van der Waals surface area contributed by atoms with Crippen molar-refractivity contribution in [3.05, 3.63) is 53.6 Å². The molecule has 0 aliphatic carbocycles. The zero-order valence-electron chi connectivity index (χ0n) is 11.8. The Balaban J connectivity index is 2.35. The van der Waals surface area contributed by atoms with Crippen molar-refractivity contribution in [1.29, 1.82) is 0 Å². The molecule has 0 unspecified atom stereocenters. The first-order valence-corrected chi connectivity index (χ1v) is 7.73. The number of hydrogen-bond acceptors (Lipinski definition) is 4. The molecule has 122 valence electrons. The van der Waals surface area contributed by atoms with E-state index in [-0.39, 0.29) is 21.9 Å². The molecule has 3 N–H and O–H groups in total. The summed E-state index contributed by atoms with van der Waals surface area (Å²) in [6.07, 6.45) is 0. The number of nitrogens with one attached hydrogen (secondary N) is 1. The summed E-state index contributed by atoms with van der Waals surface area (Å²) in [6, 6.07) is 6.07. The number of methoxy groups -OCH3 is 1. The van der Waals surface area contributed by atoms with E-state index >= 15 is 0 Å². The maximum atomic E-state index is 13.1. The maximum absolute atomic E-state index is 13.1. The summed E-state index contributed by atoms with van der Waals surface area (Å²) in [7, 11) is -2.82. The van der Waals surface area contributed by atoms with Crippen LogP contribution in [0.25, 0.3) is 0 Å². The monoisotopic (exact) mass is 342 g/mol. The van der Waals surface area contributed by atoms with Crippen molar-refractivity contribution >= 4 is 21.6 Å². The number of rotatable bonds is 4. The van der Waals surface area contributed by atoms with Crippen LogP contribution < -0.4 is 15.2 Å². The number of carbonyl (C=O) groups is 1. The van der Waals surface area contributed by atoms with Gasteiger partial charge >= 0.3 is 0 Å². The molecule has 0 heterocycles. The predicted octanol–water partition coefficient (Wildman–Crippen LogP) is 1.87. The number of halogens is 2. The highest BCUT2D eigenvalue weighted by Crippen LogP contribution is 2.26. The van der Waals surface area contributed by atoms with Gasteiger partial charge < -0.3 is 10.1 Å². The van der Waals surface area contributed by atoms with Gasteiger partial charge in [0.25, 0.3) is 5.91 Å². The van der Waals surface area contributed by atoms with Crippen LogP contribution in [-0.4, -0.2) is 21.4 Å². The van der Waals surface area contributed by atoms with E-state index in [9.17, 15) is 22.0 Å². The van der Waals surface area contributed by atoms with Crippen LogP contribution >= 0.6 is 0 Å². The van der Waals surface area contributed by atoms with Gasteiger partial charge in [0.15, 0.2) is 0 Å². The molecule has 2 aromatic carbocycles. The highest BCUT2D eigenvalue weighted by Gasteiger charge is 2.17. The molecule has 0 aliphatic heterocycles. The summed E-state index contributed by atoms with van der Waals surface area (Å²) in [5.41, 5.74) is -0.181. The van der Waals surface area contributed by atoms with Crippen LogP contribution in [0, 0.1) is 11.6 Å². The fourth-order valence-electron chi connectivity index (χ4n) is 1.86. The third kappa shape index (κ3) is 4.02. The number of ether oxygens (including phenoxy) is 1. The molecule has 0 atom stereocenters. The van der Waals surface area contributed by atoms with Crippen LogP contribution in [0.1, 0.15) is 10.4 Å². The van der Waals surface area contributed by atoms with Crippen LogP contribution in [0.5, 0.6) is 5.75 Å². The Morgan fingerprint density at radius 1 is 1.13 bits per heavy atom. The van der Waals surface area contributed by atoms with Crippen molar-refractivity contribution in [2.75, 3.05) is 12.4 Å². The normalized spacial score (nSPS) is 11.1. The lowest BCUT2D eigenvalue weighted by Crippen LogP contribution is -2.16. The second kappa shape index (κ2) is 6.31. The van der Waals surface area contributed by atoms with Gasteiger partial charge in [0.1, 0.15) is 22.3 Å². The molecule has 0 fully saturated rings. The maximum Gasteiger partial charge on any atom is 0.255 e. The number of primary sulfonamides is 1. The van der Waals surface area contributed by atoms with Crippen molar-refractivity contribution < 1.29 is 26.7 Å². The highest BCUT2D eigenvalue weighted by molar-refractivity contribution is 7.89. The number of hydrogen-bond donors (Lipinski definition) is 2. The molecule has 23 heavy (non-hydrogen) atoms. The summed E-state index contributed by atoms with van der Waals surface area (Å²) in [6.45, 7) is 0.